The molecule has 5 nitrogen and oxygen atoms in total. The van der Waals surface area contributed by atoms with Crippen LogP contribution in [0.3, 0.4) is 0 Å². The van der Waals surface area contributed by atoms with E-state index in [1.165, 1.54) is 29.2 Å². The molecule has 1 fully saturated rings. The van der Waals surface area contributed by atoms with Crippen LogP contribution in [-0.4, -0.2) is 28.1 Å². The lowest BCUT2D eigenvalue weighted by Crippen LogP contribution is -2.34. The van der Waals surface area contributed by atoms with Gasteiger partial charge in [0, 0.05) is 12.8 Å². The van der Waals surface area contributed by atoms with Crippen molar-refractivity contribution in [2.45, 2.75) is 43.9 Å². The first-order valence-corrected chi connectivity index (χ1v) is 9.08. The van der Waals surface area contributed by atoms with E-state index in [4.69, 9.17) is 4.74 Å². The Hall–Kier alpha value is -2.73. The molecule has 1 heterocycles. The largest absolute Gasteiger partial charge is 0.443 e. The minimum atomic E-state index is -0.774. The van der Waals surface area contributed by atoms with Crippen molar-refractivity contribution in [3.63, 3.8) is 0 Å². The second-order valence-corrected chi connectivity index (χ2v) is 6.99. The summed E-state index contributed by atoms with van der Waals surface area (Å²) in [6.45, 7) is 0. The molecule has 0 radical (unpaired) electrons. The number of nitrogens with zero attached hydrogens (tertiary/aromatic N) is 1. The van der Waals surface area contributed by atoms with E-state index in [1.807, 2.05) is 24.3 Å². The Morgan fingerprint density at radius 1 is 1.22 bits per heavy atom. The number of amides is 2. The van der Waals surface area contributed by atoms with Gasteiger partial charge in [-0.15, -0.1) is 0 Å². The number of halogens is 1. The zero-order valence-corrected chi connectivity index (χ0v) is 14.7. The monoisotopic (exact) mass is 369 g/mol. The number of ether oxygens (including phenoxy) is 1. The summed E-state index contributed by atoms with van der Waals surface area (Å²) in [6.07, 6.45) is -0.153. The molecule has 4 rings (SSSR count). The normalized spacial score (nSPS) is 21.6. The van der Waals surface area contributed by atoms with Crippen LogP contribution >= 0.6 is 0 Å². The fourth-order valence-corrected chi connectivity index (χ4v) is 3.92. The fourth-order valence-electron chi connectivity index (χ4n) is 3.92. The Morgan fingerprint density at radius 3 is 2.74 bits per heavy atom. The molecule has 1 N–H and O–H groups in total. The van der Waals surface area contributed by atoms with Crippen molar-refractivity contribution < 1.29 is 23.8 Å². The van der Waals surface area contributed by atoms with E-state index < -0.39 is 12.2 Å². The van der Waals surface area contributed by atoms with E-state index in [1.54, 1.807) is 0 Å². The number of benzene rings is 2. The van der Waals surface area contributed by atoms with Crippen molar-refractivity contribution >= 4 is 12.0 Å². The van der Waals surface area contributed by atoms with Crippen LogP contribution in [0, 0.1) is 5.82 Å². The van der Waals surface area contributed by atoms with Gasteiger partial charge in [0.2, 0.25) is 5.91 Å². The van der Waals surface area contributed by atoms with Gasteiger partial charge >= 0.3 is 6.09 Å². The van der Waals surface area contributed by atoms with Crippen LogP contribution in [0.2, 0.25) is 0 Å². The molecule has 1 aliphatic heterocycles. The van der Waals surface area contributed by atoms with E-state index in [2.05, 4.69) is 0 Å². The number of hydrogen-bond acceptors (Lipinski definition) is 4. The predicted molar refractivity (Wildman–Crippen MR) is 95.2 cm³/mol. The zero-order chi connectivity index (χ0) is 19.0. The fraction of sp³-hybridized carbons (Fsp3) is 0.333. The lowest BCUT2D eigenvalue weighted by atomic mass is 10.0. The Bertz CT molecular complexity index is 867. The molecule has 3 atom stereocenters. The van der Waals surface area contributed by atoms with E-state index in [9.17, 15) is 19.1 Å². The van der Waals surface area contributed by atoms with E-state index in [-0.39, 0.29) is 30.3 Å². The summed E-state index contributed by atoms with van der Waals surface area (Å²) in [5.74, 6) is -0.657. The third-order valence-electron chi connectivity index (χ3n) is 5.27. The number of imide groups is 1. The smallest absolute Gasteiger partial charge is 0.417 e. The third kappa shape index (κ3) is 3.32. The Balaban J connectivity index is 1.38. The van der Waals surface area contributed by atoms with Crippen LogP contribution in [0.4, 0.5) is 9.18 Å². The van der Waals surface area contributed by atoms with Gasteiger partial charge in [0.05, 0.1) is 6.10 Å². The summed E-state index contributed by atoms with van der Waals surface area (Å²) in [4.78, 5) is 26.1. The highest BCUT2D eigenvalue weighted by molar-refractivity contribution is 5.94. The molecule has 2 aromatic rings. The maximum Gasteiger partial charge on any atom is 0.417 e. The Morgan fingerprint density at radius 2 is 1.96 bits per heavy atom. The molecule has 0 saturated carbocycles. The highest BCUT2D eigenvalue weighted by Gasteiger charge is 2.49. The number of rotatable bonds is 5. The Kier molecular flexibility index (Phi) is 4.66. The summed E-state index contributed by atoms with van der Waals surface area (Å²) < 4.78 is 18.3. The molecule has 2 amide bonds. The standard InChI is InChI=1S/C21H20FNO4/c22-15-10-8-13(9-11-15)17(24)6-3-7-19(25)23-20-16-5-2-1-4-14(16)12-18(20)27-21(23)26/h1-2,4-5,8-11,17-18,20,24H,3,6-7,12H2/t17-,18?,20?/m0/s1. The molecule has 1 saturated heterocycles. The predicted octanol–water partition coefficient (Wildman–Crippen LogP) is 3.67. The van der Waals surface area contributed by atoms with Crippen LogP contribution in [-0.2, 0) is 16.0 Å². The van der Waals surface area contributed by atoms with E-state index in [0.717, 1.165) is 11.1 Å². The molecule has 27 heavy (non-hydrogen) atoms. The molecular formula is C21H20FNO4. The van der Waals surface area contributed by atoms with Crippen molar-refractivity contribution in [3.05, 3.63) is 71.0 Å². The molecule has 2 aliphatic rings. The molecule has 0 spiro atoms. The lowest BCUT2D eigenvalue weighted by molar-refractivity contribution is -0.129. The van der Waals surface area contributed by atoms with Gasteiger partial charge in [0.25, 0.3) is 0 Å². The molecular weight excluding hydrogens is 349 g/mol. The average molecular weight is 369 g/mol. The van der Waals surface area contributed by atoms with Gasteiger partial charge in [-0.3, -0.25) is 4.79 Å². The highest BCUT2D eigenvalue weighted by Crippen LogP contribution is 2.42. The minimum absolute atomic E-state index is 0.138. The van der Waals surface area contributed by atoms with Crippen LogP contribution < -0.4 is 0 Å². The summed E-state index contributed by atoms with van der Waals surface area (Å²) >= 11 is 0. The summed E-state index contributed by atoms with van der Waals surface area (Å²) in [5, 5.41) is 10.2. The van der Waals surface area contributed by atoms with Crippen molar-refractivity contribution in [2.24, 2.45) is 0 Å². The summed E-state index contributed by atoms with van der Waals surface area (Å²) in [5.41, 5.74) is 2.67. The average Bonchev–Trinajstić information content (AvgIpc) is 3.16. The zero-order valence-electron chi connectivity index (χ0n) is 14.7. The van der Waals surface area contributed by atoms with Crippen LogP contribution in [0.25, 0.3) is 0 Å². The van der Waals surface area contributed by atoms with Gasteiger partial charge in [-0.05, 0) is 41.7 Å². The van der Waals surface area contributed by atoms with Gasteiger partial charge in [-0.25, -0.2) is 14.1 Å². The van der Waals surface area contributed by atoms with Gasteiger partial charge in [-0.2, -0.15) is 0 Å². The maximum absolute atomic E-state index is 13.0. The lowest BCUT2D eigenvalue weighted by Gasteiger charge is -2.20. The third-order valence-corrected chi connectivity index (χ3v) is 5.27. The van der Waals surface area contributed by atoms with Gasteiger partial charge in [0.1, 0.15) is 18.0 Å². The number of carbonyl (C=O) groups is 2. The van der Waals surface area contributed by atoms with Gasteiger partial charge in [-0.1, -0.05) is 36.4 Å². The number of hydrogen-bond donors (Lipinski definition) is 1. The molecule has 140 valence electrons. The highest BCUT2D eigenvalue weighted by atomic mass is 19.1. The Labute approximate surface area is 156 Å². The van der Waals surface area contributed by atoms with Crippen LogP contribution in [0.15, 0.2) is 48.5 Å². The SMILES string of the molecule is O=C(CCC[C@H](O)c1ccc(F)cc1)N1C(=O)OC2Cc3ccccc3C21. The summed E-state index contributed by atoms with van der Waals surface area (Å²) in [7, 11) is 0. The first kappa shape index (κ1) is 17.7. The van der Waals surface area contributed by atoms with Crippen molar-refractivity contribution in [3.8, 4) is 0 Å². The van der Waals surface area contributed by atoms with Crippen molar-refractivity contribution in [1.82, 2.24) is 4.90 Å². The van der Waals surface area contributed by atoms with E-state index >= 15 is 0 Å². The first-order chi connectivity index (χ1) is 13.0. The quantitative estimate of drug-likeness (QED) is 0.873. The second-order valence-electron chi connectivity index (χ2n) is 6.99. The molecule has 6 heteroatoms. The number of aliphatic hydroxyl groups is 1. The number of carbonyl (C=O) groups excluding carboxylic acids is 2. The molecule has 2 aromatic carbocycles. The van der Waals surface area contributed by atoms with E-state index in [0.29, 0.717) is 24.8 Å². The van der Waals surface area contributed by atoms with Crippen molar-refractivity contribution in [1.29, 1.82) is 0 Å². The van der Waals surface area contributed by atoms with Crippen LogP contribution in [0.5, 0.6) is 0 Å². The van der Waals surface area contributed by atoms with Crippen molar-refractivity contribution in [2.75, 3.05) is 0 Å². The van der Waals surface area contributed by atoms with Gasteiger partial charge in [0.15, 0.2) is 0 Å². The van der Waals surface area contributed by atoms with Gasteiger partial charge < -0.3 is 9.84 Å². The molecule has 0 aromatic heterocycles. The second kappa shape index (κ2) is 7.12. The van der Waals surface area contributed by atoms with Crippen LogP contribution in [0.1, 0.15) is 48.1 Å². The topological polar surface area (TPSA) is 66.8 Å². The number of aliphatic hydroxyl groups excluding tert-OH is 1. The molecule has 1 aliphatic carbocycles. The first-order valence-electron chi connectivity index (χ1n) is 9.08. The number of fused-ring (bicyclic) bond motifs is 3. The summed E-state index contributed by atoms with van der Waals surface area (Å²) in [6, 6.07) is 13.0. The maximum atomic E-state index is 13.0. The minimum Gasteiger partial charge on any atom is -0.443 e. The molecule has 2 unspecified atom stereocenters. The molecule has 0 bridgehead atoms.